The van der Waals surface area contributed by atoms with Gasteiger partial charge in [0.25, 0.3) is 0 Å². The Bertz CT molecular complexity index is 21.7. The van der Waals surface area contributed by atoms with Crippen LogP contribution >= 0.6 is 0 Å². The van der Waals surface area contributed by atoms with Crippen LogP contribution in [0.3, 0.4) is 0 Å². The Labute approximate surface area is 65.8 Å². The van der Waals surface area contributed by atoms with E-state index in [2.05, 4.69) is 0 Å². The molecule has 0 rings (SSSR count). The predicted octanol–water partition coefficient (Wildman–Crippen LogP) is -0.897. The van der Waals surface area contributed by atoms with Gasteiger partial charge in [0, 0.05) is 13.2 Å². The Hall–Kier alpha value is 0.920. The first-order chi connectivity index (χ1) is 2.91. The molecule has 0 fully saturated rings. The van der Waals surface area contributed by atoms with Crippen molar-refractivity contribution in [2.45, 2.75) is 12.8 Å². The number of aliphatic hydroxyl groups excluding tert-OH is 2. The Kier molecular flexibility index (Phi) is 15.5. The molecule has 0 aromatic heterocycles. The summed E-state index contributed by atoms with van der Waals surface area (Å²) in [7, 11) is 0. The van der Waals surface area contributed by atoms with Gasteiger partial charge >= 0.3 is 29.6 Å². The molecule has 0 heterocycles. The number of hydrogen-bond acceptors (Lipinski definition) is 2. The van der Waals surface area contributed by atoms with E-state index in [0.29, 0.717) is 0 Å². The number of aliphatic hydroxyl groups is 2. The molecule has 7 heavy (non-hydrogen) atoms. The van der Waals surface area contributed by atoms with Crippen LogP contribution in [-0.4, -0.2) is 53.0 Å². The van der Waals surface area contributed by atoms with Crippen molar-refractivity contribution in [3.05, 3.63) is 0 Å². The summed E-state index contributed by atoms with van der Waals surface area (Å²) in [4.78, 5) is 0. The molecule has 0 aliphatic heterocycles. The van der Waals surface area contributed by atoms with Gasteiger partial charge in [-0.25, -0.2) is 0 Å². The molecular formula is C4H11NaO2. The average molecular weight is 114 g/mol. The van der Waals surface area contributed by atoms with E-state index in [-0.39, 0.29) is 42.8 Å². The number of rotatable bonds is 3. The van der Waals surface area contributed by atoms with E-state index in [1.807, 2.05) is 0 Å². The zero-order chi connectivity index (χ0) is 4.83. The molecule has 0 spiro atoms. The minimum atomic E-state index is 0. The van der Waals surface area contributed by atoms with Crippen LogP contribution in [0.2, 0.25) is 0 Å². The molecule has 2 N–H and O–H groups in total. The normalized spacial score (nSPS) is 7.71. The maximum atomic E-state index is 8.09. The zero-order valence-electron chi connectivity index (χ0n) is 3.72. The summed E-state index contributed by atoms with van der Waals surface area (Å²) in [6.07, 6.45) is 1.44. The number of unbranched alkanes of at least 4 members (excludes halogenated alkanes) is 1. The first kappa shape index (κ1) is 10.8. The van der Waals surface area contributed by atoms with Crippen LogP contribution in [0.25, 0.3) is 0 Å². The van der Waals surface area contributed by atoms with Crippen molar-refractivity contribution >= 4 is 29.6 Å². The molecule has 0 unspecified atom stereocenters. The van der Waals surface area contributed by atoms with E-state index in [9.17, 15) is 0 Å². The second-order valence-corrected chi connectivity index (χ2v) is 1.15. The Morgan fingerprint density at radius 1 is 0.857 bits per heavy atom. The summed E-state index contributed by atoms with van der Waals surface area (Å²) < 4.78 is 0. The van der Waals surface area contributed by atoms with Crippen molar-refractivity contribution < 1.29 is 10.2 Å². The van der Waals surface area contributed by atoms with Gasteiger partial charge in [-0.1, -0.05) is 0 Å². The molecule has 0 aromatic carbocycles. The van der Waals surface area contributed by atoms with Crippen LogP contribution in [0.4, 0.5) is 0 Å². The van der Waals surface area contributed by atoms with Crippen molar-refractivity contribution in [3.8, 4) is 0 Å². The third-order valence-corrected chi connectivity index (χ3v) is 0.566. The fraction of sp³-hybridized carbons (Fsp3) is 1.00. The second kappa shape index (κ2) is 10.0. The van der Waals surface area contributed by atoms with Crippen LogP contribution in [0.1, 0.15) is 12.8 Å². The van der Waals surface area contributed by atoms with E-state index in [4.69, 9.17) is 10.2 Å². The molecule has 0 saturated heterocycles. The van der Waals surface area contributed by atoms with Crippen LogP contribution in [0, 0.1) is 0 Å². The van der Waals surface area contributed by atoms with Crippen molar-refractivity contribution in [3.63, 3.8) is 0 Å². The topological polar surface area (TPSA) is 40.5 Å². The van der Waals surface area contributed by atoms with E-state index in [1.165, 1.54) is 0 Å². The molecule has 0 saturated carbocycles. The van der Waals surface area contributed by atoms with Gasteiger partial charge < -0.3 is 10.2 Å². The van der Waals surface area contributed by atoms with Crippen molar-refractivity contribution in [1.82, 2.24) is 0 Å². The molecular weight excluding hydrogens is 103 g/mol. The summed E-state index contributed by atoms with van der Waals surface area (Å²) in [6, 6.07) is 0. The first-order valence-electron chi connectivity index (χ1n) is 2.13. The molecule has 0 amide bonds. The van der Waals surface area contributed by atoms with Crippen molar-refractivity contribution in [2.24, 2.45) is 0 Å². The molecule has 0 atom stereocenters. The zero-order valence-corrected chi connectivity index (χ0v) is 3.72. The van der Waals surface area contributed by atoms with Gasteiger partial charge in [-0.2, -0.15) is 0 Å². The fourth-order valence-corrected chi connectivity index (χ4v) is 0.224. The van der Waals surface area contributed by atoms with E-state index >= 15 is 0 Å². The van der Waals surface area contributed by atoms with Gasteiger partial charge in [-0.3, -0.25) is 0 Å². The molecule has 2 nitrogen and oxygen atoms in total. The van der Waals surface area contributed by atoms with Crippen LogP contribution in [0.15, 0.2) is 0 Å². The van der Waals surface area contributed by atoms with Gasteiger partial charge in [0.15, 0.2) is 0 Å². The Balaban J connectivity index is 0. The van der Waals surface area contributed by atoms with Crippen LogP contribution in [-0.2, 0) is 0 Å². The first-order valence-corrected chi connectivity index (χ1v) is 2.13. The van der Waals surface area contributed by atoms with Gasteiger partial charge in [-0.15, -0.1) is 0 Å². The molecule has 0 aliphatic rings. The van der Waals surface area contributed by atoms with E-state index in [0.717, 1.165) is 12.8 Å². The maximum absolute atomic E-state index is 8.09. The van der Waals surface area contributed by atoms with Gasteiger partial charge in [0.1, 0.15) is 0 Å². The molecule has 0 bridgehead atoms. The predicted molar refractivity (Wildman–Crippen MR) is 30.6 cm³/mol. The SMILES string of the molecule is OCCCCO.[NaH]. The van der Waals surface area contributed by atoms with Crippen LogP contribution < -0.4 is 0 Å². The fourth-order valence-electron chi connectivity index (χ4n) is 0.224. The molecule has 3 heteroatoms. The minimum absolute atomic E-state index is 0. The molecule has 40 valence electrons. The third kappa shape index (κ3) is 10.9. The Morgan fingerprint density at radius 3 is 1.29 bits per heavy atom. The van der Waals surface area contributed by atoms with Crippen molar-refractivity contribution in [1.29, 1.82) is 0 Å². The second-order valence-electron chi connectivity index (χ2n) is 1.15. The monoisotopic (exact) mass is 114 g/mol. The summed E-state index contributed by atoms with van der Waals surface area (Å²) >= 11 is 0. The number of hydrogen-bond donors (Lipinski definition) is 2. The van der Waals surface area contributed by atoms with E-state index < -0.39 is 0 Å². The Morgan fingerprint density at radius 2 is 1.14 bits per heavy atom. The molecule has 0 aromatic rings. The molecule has 0 radical (unpaired) electrons. The molecule has 0 aliphatic carbocycles. The van der Waals surface area contributed by atoms with Gasteiger partial charge in [0.05, 0.1) is 0 Å². The summed E-state index contributed by atoms with van der Waals surface area (Å²) in [5.74, 6) is 0. The van der Waals surface area contributed by atoms with Crippen LogP contribution in [0.5, 0.6) is 0 Å². The summed E-state index contributed by atoms with van der Waals surface area (Å²) in [6.45, 7) is 0.390. The van der Waals surface area contributed by atoms with Gasteiger partial charge in [0.2, 0.25) is 0 Å². The van der Waals surface area contributed by atoms with E-state index in [1.54, 1.807) is 0 Å². The van der Waals surface area contributed by atoms with Gasteiger partial charge in [-0.05, 0) is 12.8 Å². The quantitative estimate of drug-likeness (QED) is 0.369. The third-order valence-electron chi connectivity index (χ3n) is 0.566. The standard InChI is InChI=1S/C4H10O2.Na.H/c5-3-1-2-4-6;;/h5-6H,1-4H2;;. The summed E-state index contributed by atoms with van der Waals surface area (Å²) in [5, 5.41) is 16.2. The van der Waals surface area contributed by atoms with Crippen molar-refractivity contribution in [2.75, 3.05) is 13.2 Å². The average Bonchev–Trinajstić information content (AvgIpc) is 1.61. The summed E-state index contributed by atoms with van der Waals surface area (Å²) in [5.41, 5.74) is 0.